The van der Waals surface area contributed by atoms with Crippen LogP contribution in [0, 0.1) is 13.8 Å². The van der Waals surface area contributed by atoms with E-state index in [2.05, 4.69) is 15.8 Å². The van der Waals surface area contributed by atoms with Crippen LogP contribution in [0.2, 0.25) is 0 Å². The zero-order valence-corrected chi connectivity index (χ0v) is 10.3. The van der Waals surface area contributed by atoms with E-state index in [1.165, 1.54) is 23.5 Å². The largest absolute Gasteiger partial charge is 0.871 e. The van der Waals surface area contributed by atoms with E-state index in [-0.39, 0.29) is 11.5 Å². The minimum Gasteiger partial charge on any atom is -0.871 e. The molecule has 1 aromatic heterocycles. The summed E-state index contributed by atoms with van der Waals surface area (Å²) in [5, 5.41) is 21.5. The first-order chi connectivity index (χ1) is 8.06. The Labute approximate surface area is 103 Å². The molecule has 5 nitrogen and oxygen atoms in total. The van der Waals surface area contributed by atoms with Crippen LogP contribution in [0.25, 0.3) is 0 Å². The van der Waals surface area contributed by atoms with Crippen molar-refractivity contribution in [1.82, 2.24) is 4.98 Å². The number of rotatable bonds is 3. The van der Waals surface area contributed by atoms with Crippen molar-refractivity contribution in [3.05, 3.63) is 28.8 Å². The van der Waals surface area contributed by atoms with Crippen molar-refractivity contribution in [3.63, 3.8) is 0 Å². The topological polar surface area (TPSA) is 80.2 Å². The molecule has 0 amide bonds. The van der Waals surface area contributed by atoms with Crippen molar-refractivity contribution < 1.29 is 10.2 Å². The van der Waals surface area contributed by atoms with E-state index >= 15 is 0 Å². The van der Waals surface area contributed by atoms with Crippen LogP contribution in [0.3, 0.4) is 0 Å². The minimum absolute atomic E-state index is 0.0249. The van der Waals surface area contributed by atoms with Gasteiger partial charge in [0.05, 0.1) is 0 Å². The van der Waals surface area contributed by atoms with Crippen LogP contribution in [-0.2, 0) is 0 Å². The number of aromatic hydroxyl groups is 1. The first-order valence-corrected chi connectivity index (χ1v) is 5.83. The fourth-order valence-electron chi connectivity index (χ4n) is 1.43. The molecule has 0 unspecified atom stereocenters. The Balaban J connectivity index is 2.14. The molecule has 1 heterocycles. The first-order valence-electron chi connectivity index (χ1n) is 5.01. The van der Waals surface area contributed by atoms with Crippen LogP contribution in [0.4, 0.5) is 10.8 Å². The highest BCUT2D eigenvalue weighted by Crippen LogP contribution is 2.29. The molecule has 0 spiro atoms. The van der Waals surface area contributed by atoms with Crippen LogP contribution in [0.15, 0.2) is 18.3 Å². The monoisotopic (exact) mass is 250 g/mol. The number of hydrogen-bond donors (Lipinski definition) is 3. The van der Waals surface area contributed by atoms with Crippen LogP contribution >= 0.6 is 11.3 Å². The van der Waals surface area contributed by atoms with E-state index in [1.54, 1.807) is 13.1 Å². The Morgan fingerprint density at radius 1 is 1.29 bits per heavy atom. The lowest BCUT2D eigenvalue weighted by molar-refractivity contribution is -0.267. The molecule has 0 fully saturated rings. The molecule has 0 atom stereocenters. The van der Waals surface area contributed by atoms with Gasteiger partial charge in [-0.15, -0.1) is 11.3 Å². The van der Waals surface area contributed by atoms with E-state index in [1.807, 2.05) is 6.92 Å². The van der Waals surface area contributed by atoms with Crippen molar-refractivity contribution in [3.8, 4) is 11.5 Å². The van der Waals surface area contributed by atoms with Crippen molar-refractivity contribution in [2.75, 3.05) is 10.9 Å². The average molecular weight is 250 g/mol. The fraction of sp³-hybridized carbons (Fsp3) is 0.182. The van der Waals surface area contributed by atoms with Crippen LogP contribution < -0.4 is 16.0 Å². The number of anilines is 2. The molecule has 2 aromatic rings. The highest BCUT2D eigenvalue weighted by atomic mass is 32.1. The van der Waals surface area contributed by atoms with Crippen molar-refractivity contribution in [1.29, 1.82) is 0 Å². The van der Waals surface area contributed by atoms with Gasteiger partial charge in [0.15, 0.2) is 0 Å². The maximum Gasteiger partial charge on any atom is 0.201 e. The number of thiazole rings is 1. The summed E-state index contributed by atoms with van der Waals surface area (Å²) in [7, 11) is 0. The number of hydrazine groups is 1. The summed E-state index contributed by atoms with van der Waals surface area (Å²) in [6, 6.07) is 2.70. The van der Waals surface area contributed by atoms with Gasteiger partial charge in [-0.05, 0) is 31.5 Å². The third kappa shape index (κ3) is 2.59. The quantitative estimate of drug-likeness (QED) is 0.573. The number of phenolic OH excluding ortho intramolecular Hbond substituents is 1. The lowest BCUT2D eigenvalue weighted by atomic mass is 10.2. The number of aromatic nitrogens is 1. The van der Waals surface area contributed by atoms with Gasteiger partial charge in [-0.1, -0.05) is 5.75 Å². The van der Waals surface area contributed by atoms with E-state index < -0.39 is 0 Å². The number of aryl methyl sites for hydroxylation is 2. The van der Waals surface area contributed by atoms with E-state index in [4.69, 9.17) is 0 Å². The molecule has 0 aliphatic carbocycles. The van der Waals surface area contributed by atoms with Gasteiger partial charge in [-0.3, -0.25) is 10.9 Å². The molecule has 1 aromatic carbocycles. The van der Waals surface area contributed by atoms with Gasteiger partial charge in [0.2, 0.25) is 5.13 Å². The summed E-state index contributed by atoms with van der Waals surface area (Å²) in [6.45, 7) is 3.70. The molecule has 17 heavy (non-hydrogen) atoms. The molecular weight excluding hydrogens is 238 g/mol. The van der Waals surface area contributed by atoms with Gasteiger partial charge in [0.1, 0.15) is 5.75 Å². The summed E-state index contributed by atoms with van der Waals surface area (Å²) in [6.07, 6.45) is 1.75. The molecule has 3 N–H and O–H groups in total. The Morgan fingerprint density at radius 2 is 2.06 bits per heavy atom. The molecule has 0 aliphatic heterocycles. The molecule has 0 bridgehead atoms. The Kier molecular flexibility index (Phi) is 3.06. The zero-order chi connectivity index (χ0) is 12.4. The van der Waals surface area contributed by atoms with Gasteiger partial charge >= 0.3 is 0 Å². The molecule has 0 saturated carbocycles. The number of phenols is 1. The Morgan fingerprint density at radius 3 is 2.65 bits per heavy atom. The van der Waals surface area contributed by atoms with E-state index in [0.717, 1.165) is 4.88 Å². The standard InChI is InChI=1S/C11H13N3O2S/c1-6-3-8(15)4-9(16)10(6)13-14-11-12-5-7(2)17-11/h3-5,13,15-16H,1-2H3,(H,12,14)/p-1. The van der Waals surface area contributed by atoms with E-state index in [9.17, 15) is 10.2 Å². The summed E-state index contributed by atoms with van der Waals surface area (Å²) < 4.78 is 0. The fourth-order valence-corrected chi connectivity index (χ4v) is 2.04. The summed E-state index contributed by atoms with van der Waals surface area (Å²) >= 11 is 1.49. The highest BCUT2D eigenvalue weighted by Gasteiger charge is 2.02. The van der Waals surface area contributed by atoms with Gasteiger partial charge in [-0.2, -0.15) is 0 Å². The normalized spacial score (nSPS) is 10.2. The molecule has 6 heteroatoms. The SMILES string of the molecule is Cc1cnc(NNc2c(C)cc(O)cc2[O-])s1. The number of hydrogen-bond acceptors (Lipinski definition) is 6. The third-order valence-electron chi connectivity index (χ3n) is 2.20. The second-order valence-electron chi connectivity index (χ2n) is 3.66. The van der Waals surface area contributed by atoms with E-state index in [0.29, 0.717) is 16.4 Å². The maximum atomic E-state index is 11.6. The smallest absolute Gasteiger partial charge is 0.201 e. The second-order valence-corrected chi connectivity index (χ2v) is 4.90. The van der Waals surface area contributed by atoms with Crippen LogP contribution in [0.1, 0.15) is 10.4 Å². The molecule has 90 valence electrons. The van der Waals surface area contributed by atoms with Crippen LogP contribution in [0.5, 0.6) is 11.5 Å². The Hall–Kier alpha value is -1.95. The van der Waals surface area contributed by atoms with Gasteiger partial charge in [0.25, 0.3) is 0 Å². The minimum atomic E-state index is -0.261. The molecule has 0 radical (unpaired) electrons. The maximum absolute atomic E-state index is 11.6. The van der Waals surface area contributed by atoms with Gasteiger partial charge in [0, 0.05) is 16.8 Å². The van der Waals surface area contributed by atoms with Crippen LogP contribution in [-0.4, -0.2) is 10.1 Å². The molecular formula is C11H12N3O2S-. The average Bonchev–Trinajstić information content (AvgIpc) is 2.62. The van der Waals surface area contributed by atoms with Crippen molar-refractivity contribution in [2.45, 2.75) is 13.8 Å². The van der Waals surface area contributed by atoms with Gasteiger partial charge in [-0.25, -0.2) is 4.98 Å². The van der Waals surface area contributed by atoms with Gasteiger partial charge < -0.3 is 10.2 Å². The zero-order valence-electron chi connectivity index (χ0n) is 9.44. The molecule has 0 aliphatic rings. The summed E-state index contributed by atoms with van der Waals surface area (Å²) in [4.78, 5) is 5.18. The number of nitrogens with one attached hydrogen (secondary N) is 2. The first kappa shape index (κ1) is 11.5. The predicted molar refractivity (Wildman–Crippen MR) is 66.4 cm³/mol. The lowest BCUT2D eigenvalue weighted by Gasteiger charge is -2.18. The van der Waals surface area contributed by atoms with Crippen molar-refractivity contribution in [2.24, 2.45) is 0 Å². The summed E-state index contributed by atoms with van der Waals surface area (Å²) in [5.74, 6) is -0.286. The predicted octanol–water partition coefficient (Wildman–Crippen LogP) is 1.98. The third-order valence-corrected chi connectivity index (χ3v) is 3.03. The number of benzene rings is 1. The Bertz CT molecular complexity index is 516. The van der Waals surface area contributed by atoms with Crippen molar-refractivity contribution >= 4 is 22.2 Å². The lowest BCUT2D eigenvalue weighted by Crippen LogP contribution is -2.11. The molecule has 0 saturated heterocycles. The summed E-state index contributed by atoms with van der Waals surface area (Å²) in [5.41, 5.74) is 6.76. The molecule has 2 rings (SSSR count). The highest BCUT2D eigenvalue weighted by molar-refractivity contribution is 7.15. The second kappa shape index (κ2) is 4.50. The number of nitrogens with zero attached hydrogens (tertiary/aromatic N) is 1.